The predicted molar refractivity (Wildman–Crippen MR) is 83.8 cm³/mol. The fourth-order valence-corrected chi connectivity index (χ4v) is 2.58. The first-order valence-electron chi connectivity index (χ1n) is 7.67. The van der Waals surface area contributed by atoms with Gasteiger partial charge in [0, 0.05) is 13.1 Å². The number of likely N-dealkylation sites (tertiary alicyclic amines) is 1. The minimum atomic E-state index is -0.886. The van der Waals surface area contributed by atoms with Gasteiger partial charge in [0.15, 0.2) is 11.6 Å². The molecule has 1 aliphatic rings. The van der Waals surface area contributed by atoms with Crippen molar-refractivity contribution in [2.24, 2.45) is 0 Å². The van der Waals surface area contributed by atoms with Crippen molar-refractivity contribution < 1.29 is 27.4 Å². The maximum atomic E-state index is 13.6. The molecular formula is C18H16F3NO3. The second-order valence-electron chi connectivity index (χ2n) is 5.71. The Morgan fingerprint density at radius 2 is 1.80 bits per heavy atom. The van der Waals surface area contributed by atoms with Crippen molar-refractivity contribution in [3.05, 3.63) is 65.0 Å². The van der Waals surface area contributed by atoms with Gasteiger partial charge in [0.1, 0.15) is 17.2 Å². The molecule has 25 heavy (non-hydrogen) atoms. The molecule has 0 aliphatic carbocycles. The summed E-state index contributed by atoms with van der Waals surface area (Å²) >= 11 is 0. The molecule has 2 aromatic carbocycles. The topological polar surface area (TPSA) is 38.8 Å². The summed E-state index contributed by atoms with van der Waals surface area (Å²) in [4.78, 5) is 13.4. The molecule has 1 fully saturated rings. The van der Waals surface area contributed by atoms with Crippen molar-refractivity contribution in [2.75, 3.05) is 20.2 Å². The minimum Gasteiger partial charge on any atom is -0.494 e. The number of hydrogen-bond donors (Lipinski definition) is 0. The molecule has 1 amide bonds. The lowest BCUT2D eigenvalue weighted by Crippen LogP contribution is -2.55. The molecule has 0 saturated carbocycles. The number of halogens is 3. The van der Waals surface area contributed by atoms with Gasteiger partial charge in [0.05, 0.1) is 19.8 Å². The van der Waals surface area contributed by atoms with Gasteiger partial charge in [0.2, 0.25) is 0 Å². The zero-order valence-corrected chi connectivity index (χ0v) is 13.5. The highest BCUT2D eigenvalue weighted by Gasteiger charge is 2.34. The van der Waals surface area contributed by atoms with Crippen LogP contribution in [0.2, 0.25) is 0 Å². The highest BCUT2D eigenvalue weighted by molar-refractivity contribution is 5.95. The lowest BCUT2D eigenvalue weighted by Gasteiger charge is -2.39. The van der Waals surface area contributed by atoms with Gasteiger partial charge < -0.3 is 14.4 Å². The normalized spacial score (nSPS) is 14.3. The number of nitrogens with zero attached hydrogens (tertiary/aromatic N) is 1. The summed E-state index contributed by atoms with van der Waals surface area (Å²) in [5.74, 6) is -2.81. The van der Waals surface area contributed by atoms with Gasteiger partial charge in [-0.2, -0.15) is 0 Å². The summed E-state index contributed by atoms with van der Waals surface area (Å²) in [6.45, 7) is 0.623. The molecule has 0 aromatic heterocycles. The molecule has 4 nitrogen and oxygen atoms in total. The molecule has 3 rings (SSSR count). The Balaban J connectivity index is 1.53. The molecular weight excluding hydrogens is 335 g/mol. The third-order valence-corrected chi connectivity index (χ3v) is 4.01. The largest absolute Gasteiger partial charge is 0.494 e. The number of hydrogen-bond acceptors (Lipinski definition) is 3. The van der Waals surface area contributed by atoms with E-state index in [9.17, 15) is 18.0 Å². The molecule has 0 spiro atoms. The van der Waals surface area contributed by atoms with E-state index < -0.39 is 28.9 Å². The van der Waals surface area contributed by atoms with Crippen LogP contribution in [0.3, 0.4) is 0 Å². The highest BCUT2D eigenvalue weighted by atomic mass is 19.1. The molecule has 0 N–H and O–H groups in total. The van der Waals surface area contributed by atoms with E-state index in [0.717, 1.165) is 12.1 Å². The predicted octanol–water partition coefficient (Wildman–Crippen LogP) is 3.15. The number of rotatable bonds is 5. The summed E-state index contributed by atoms with van der Waals surface area (Å²) in [6, 6.07) is 7.79. The Bertz CT molecular complexity index is 771. The Hall–Kier alpha value is -2.54. The van der Waals surface area contributed by atoms with Gasteiger partial charge in [0.25, 0.3) is 5.91 Å². The van der Waals surface area contributed by atoms with Crippen molar-refractivity contribution in [3.63, 3.8) is 0 Å². The highest BCUT2D eigenvalue weighted by Crippen LogP contribution is 2.22. The van der Waals surface area contributed by atoms with Crippen LogP contribution in [0.4, 0.5) is 13.2 Å². The summed E-state index contributed by atoms with van der Waals surface area (Å²) in [5.41, 5.74) is 0.0707. The van der Waals surface area contributed by atoms with Crippen LogP contribution in [0, 0.1) is 17.5 Å². The molecule has 0 atom stereocenters. The molecule has 132 valence electrons. The van der Waals surface area contributed by atoms with Crippen molar-refractivity contribution in [2.45, 2.75) is 12.7 Å². The Morgan fingerprint density at radius 1 is 1.12 bits per heavy atom. The first kappa shape index (κ1) is 17.3. The number of ether oxygens (including phenoxy) is 2. The quantitative estimate of drug-likeness (QED) is 0.831. The molecule has 1 aliphatic heterocycles. The molecule has 0 radical (unpaired) electrons. The van der Waals surface area contributed by atoms with Crippen LogP contribution in [0.5, 0.6) is 5.75 Å². The second kappa shape index (κ2) is 7.14. The fourth-order valence-electron chi connectivity index (χ4n) is 2.58. The summed E-state index contributed by atoms with van der Waals surface area (Å²) in [6.07, 6.45) is -0.260. The maximum Gasteiger partial charge on any atom is 0.260 e. The van der Waals surface area contributed by atoms with Gasteiger partial charge in [-0.1, -0.05) is 12.1 Å². The Labute approximate surface area is 142 Å². The average molecular weight is 351 g/mol. The molecule has 2 aromatic rings. The van der Waals surface area contributed by atoms with Gasteiger partial charge in [-0.15, -0.1) is 0 Å². The SMILES string of the molecule is COc1ccc(COC2CN(C(=O)c3c(F)cccc3F)C2)cc1F. The Morgan fingerprint density at radius 3 is 2.40 bits per heavy atom. The third-order valence-electron chi connectivity index (χ3n) is 4.01. The van der Waals surface area contributed by atoms with E-state index in [4.69, 9.17) is 9.47 Å². The van der Waals surface area contributed by atoms with E-state index in [2.05, 4.69) is 0 Å². The molecule has 7 heteroatoms. The van der Waals surface area contributed by atoms with E-state index in [0.29, 0.717) is 5.56 Å². The van der Waals surface area contributed by atoms with E-state index >= 15 is 0 Å². The second-order valence-corrected chi connectivity index (χ2v) is 5.71. The minimum absolute atomic E-state index is 0.149. The van der Waals surface area contributed by atoms with Gasteiger partial charge in [-0.25, -0.2) is 13.2 Å². The average Bonchev–Trinajstić information content (AvgIpc) is 2.53. The molecule has 1 heterocycles. The summed E-state index contributed by atoms with van der Waals surface area (Å²) in [5, 5.41) is 0. The van der Waals surface area contributed by atoms with Gasteiger partial charge in [-0.05, 0) is 29.8 Å². The van der Waals surface area contributed by atoms with Crippen LogP contribution in [0.15, 0.2) is 36.4 Å². The third kappa shape index (κ3) is 3.61. The standard InChI is InChI=1S/C18H16F3NO3/c1-24-16-6-5-11(7-15(16)21)10-25-12-8-22(9-12)18(23)17-13(19)3-2-4-14(17)20/h2-7,12H,8-10H2,1H3. The van der Waals surface area contributed by atoms with Crippen LogP contribution in [-0.2, 0) is 11.3 Å². The van der Waals surface area contributed by atoms with Crippen LogP contribution >= 0.6 is 0 Å². The monoisotopic (exact) mass is 351 g/mol. The zero-order chi connectivity index (χ0) is 18.0. The lowest BCUT2D eigenvalue weighted by atomic mass is 10.1. The summed E-state index contributed by atoms with van der Waals surface area (Å²) < 4.78 is 51.3. The molecule has 0 bridgehead atoms. The zero-order valence-electron chi connectivity index (χ0n) is 13.5. The van der Waals surface area contributed by atoms with Gasteiger partial charge in [-0.3, -0.25) is 4.79 Å². The van der Waals surface area contributed by atoms with Gasteiger partial charge >= 0.3 is 0 Å². The van der Waals surface area contributed by atoms with Crippen molar-refractivity contribution in [1.29, 1.82) is 0 Å². The smallest absolute Gasteiger partial charge is 0.260 e. The van der Waals surface area contributed by atoms with Crippen LogP contribution < -0.4 is 4.74 Å². The number of amides is 1. The van der Waals surface area contributed by atoms with Crippen LogP contribution in [0.25, 0.3) is 0 Å². The number of methoxy groups -OCH3 is 1. The Kier molecular flexibility index (Phi) is 4.94. The fraction of sp³-hybridized carbons (Fsp3) is 0.278. The van der Waals surface area contributed by atoms with E-state index in [1.165, 1.54) is 30.2 Å². The van der Waals surface area contributed by atoms with Crippen LogP contribution in [-0.4, -0.2) is 37.1 Å². The van der Waals surface area contributed by atoms with Crippen molar-refractivity contribution in [3.8, 4) is 5.75 Å². The van der Waals surface area contributed by atoms with E-state index in [1.807, 2.05) is 0 Å². The van der Waals surface area contributed by atoms with E-state index in [1.54, 1.807) is 6.07 Å². The lowest BCUT2D eigenvalue weighted by molar-refractivity contribution is -0.0506. The molecule has 0 unspecified atom stereocenters. The first-order valence-corrected chi connectivity index (χ1v) is 7.67. The first-order chi connectivity index (χ1) is 12.0. The number of carbonyl (C=O) groups is 1. The number of benzene rings is 2. The number of carbonyl (C=O) groups excluding carboxylic acids is 1. The summed E-state index contributed by atoms with van der Waals surface area (Å²) in [7, 11) is 1.38. The maximum absolute atomic E-state index is 13.6. The molecule has 1 saturated heterocycles. The van der Waals surface area contributed by atoms with Crippen molar-refractivity contribution in [1.82, 2.24) is 4.90 Å². The van der Waals surface area contributed by atoms with E-state index in [-0.39, 0.29) is 31.5 Å². The van der Waals surface area contributed by atoms with Crippen molar-refractivity contribution >= 4 is 5.91 Å². The van der Waals surface area contributed by atoms with Crippen LogP contribution in [0.1, 0.15) is 15.9 Å².